The number of methoxy groups -OCH3 is 2. The number of ether oxygens (including phenoxy) is 2. The number of likely N-dealkylation sites (N-methyl/N-ethyl adjacent to an activating group) is 1. The van der Waals surface area contributed by atoms with E-state index in [1.54, 1.807) is 14.2 Å². The van der Waals surface area contributed by atoms with Crippen LogP contribution in [0.3, 0.4) is 0 Å². The zero-order valence-corrected chi connectivity index (χ0v) is 11.4. The van der Waals surface area contributed by atoms with Crippen molar-refractivity contribution in [3.8, 4) is 11.5 Å². The molecule has 4 heteroatoms. The van der Waals surface area contributed by atoms with Crippen LogP contribution in [0.2, 0.25) is 0 Å². The van der Waals surface area contributed by atoms with Crippen molar-refractivity contribution in [2.24, 2.45) is 5.73 Å². The molecule has 1 aliphatic heterocycles. The molecule has 2 rings (SSSR count). The van der Waals surface area contributed by atoms with Crippen LogP contribution in [0, 0.1) is 0 Å². The lowest BCUT2D eigenvalue weighted by atomic mass is 9.87. The van der Waals surface area contributed by atoms with Crippen LogP contribution in [0.15, 0.2) is 18.2 Å². The van der Waals surface area contributed by atoms with Gasteiger partial charge in [0.15, 0.2) is 11.5 Å². The third kappa shape index (κ3) is 1.95. The van der Waals surface area contributed by atoms with Crippen LogP contribution >= 0.6 is 0 Å². The van der Waals surface area contributed by atoms with Gasteiger partial charge in [0.1, 0.15) is 0 Å². The van der Waals surface area contributed by atoms with E-state index in [2.05, 4.69) is 18.0 Å². The normalized spacial score (nSPS) is 24.2. The molecule has 0 amide bonds. The minimum Gasteiger partial charge on any atom is -0.493 e. The maximum absolute atomic E-state index is 6.04. The second-order valence-corrected chi connectivity index (χ2v) is 4.83. The van der Waals surface area contributed by atoms with E-state index in [0.29, 0.717) is 6.54 Å². The Morgan fingerprint density at radius 3 is 2.50 bits per heavy atom. The molecule has 0 aromatic heterocycles. The Bertz CT molecular complexity index is 422. The number of benzene rings is 1. The first-order valence-electron chi connectivity index (χ1n) is 6.32. The molecule has 1 fully saturated rings. The molecule has 0 aliphatic carbocycles. The maximum atomic E-state index is 6.04. The van der Waals surface area contributed by atoms with Gasteiger partial charge in [-0.25, -0.2) is 0 Å². The number of likely N-dealkylation sites (tertiary alicyclic amines) is 1. The molecule has 0 saturated carbocycles. The lowest BCUT2D eigenvalue weighted by Gasteiger charge is -2.36. The van der Waals surface area contributed by atoms with E-state index in [9.17, 15) is 0 Å². The summed E-state index contributed by atoms with van der Waals surface area (Å²) in [6.45, 7) is 1.71. The van der Waals surface area contributed by atoms with Gasteiger partial charge in [0, 0.05) is 6.54 Å². The van der Waals surface area contributed by atoms with Crippen LogP contribution in [-0.2, 0) is 5.54 Å². The fourth-order valence-electron chi connectivity index (χ4n) is 2.88. The third-order valence-electron chi connectivity index (χ3n) is 4.07. The van der Waals surface area contributed by atoms with E-state index < -0.39 is 0 Å². The average Bonchev–Trinajstić information content (AvgIpc) is 2.80. The second kappa shape index (κ2) is 5.16. The molecule has 1 unspecified atom stereocenters. The van der Waals surface area contributed by atoms with E-state index >= 15 is 0 Å². The molecule has 0 radical (unpaired) electrons. The van der Waals surface area contributed by atoms with Gasteiger partial charge in [0.25, 0.3) is 0 Å². The molecule has 2 N–H and O–H groups in total. The smallest absolute Gasteiger partial charge is 0.161 e. The number of hydrogen-bond donors (Lipinski definition) is 1. The molecule has 18 heavy (non-hydrogen) atoms. The molecular formula is C14H22N2O2. The highest BCUT2D eigenvalue weighted by molar-refractivity contribution is 5.45. The van der Waals surface area contributed by atoms with Crippen LogP contribution in [-0.4, -0.2) is 39.3 Å². The number of nitrogens with two attached hydrogens (primary N) is 1. The van der Waals surface area contributed by atoms with Gasteiger partial charge in [0.05, 0.1) is 19.8 Å². The van der Waals surface area contributed by atoms with Crippen molar-refractivity contribution in [3.05, 3.63) is 23.8 Å². The van der Waals surface area contributed by atoms with E-state index in [1.807, 2.05) is 12.1 Å². The zero-order valence-electron chi connectivity index (χ0n) is 11.4. The van der Waals surface area contributed by atoms with E-state index in [1.165, 1.54) is 12.0 Å². The van der Waals surface area contributed by atoms with Crippen LogP contribution < -0.4 is 15.2 Å². The quantitative estimate of drug-likeness (QED) is 0.881. The van der Waals surface area contributed by atoms with Crippen molar-refractivity contribution < 1.29 is 9.47 Å². The van der Waals surface area contributed by atoms with Crippen LogP contribution in [0.25, 0.3) is 0 Å². The Kier molecular flexibility index (Phi) is 3.78. The molecule has 1 aromatic rings. The number of nitrogens with zero attached hydrogens (tertiary/aromatic N) is 1. The molecule has 100 valence electrons. The van der Waals surface area contributed by atoms with Crippen LogP contribution in [0.4, 0.5) is 0 Å². The summed E-state index contributed by atoms with van der Waals surface area (Å²) >= 11 is 0. The highest BCUT2D eigenvalue weighted by atomic mass is 16.5. The molecule has 1 atom stereocenters. The van der Waals surface area contributed by atoms with Gasteiger partial charge in [-0.05, 0) is 44.1 Å². The summed E-state index contributed by atoms with van der Waals surface area (Å²) in [6.07, 6.45) is 2.28. The van der Waals surface area contributed by atoms with Gasteiger partial charge in [-0.2, -0.15) is 0 Å². The number of hydrogen-bond acceptors (Lipinski definition) is 4. The molecule has 0 bridgehead atoms. The topological polar surface area (TPSA) is 47.7 Å². The first kappa shape index (κ1) is 13.2. The Balaban J connectivity index is 2.43. The fourth-order valence-corrected chi connectivity index (χ4v) is 2.88. The maximum Gasteiger partial charge on any atom is 0.161 e. The van der Waals surface area contributed by atoms with Gasteiger partial charge in [-0.1, -0.05) is 6.07 Å². The highest BCUT2D eigenvalue weighted by Gasteiger charge is 2.39. The monoisotopic (exact) mass is 250 g/mol. The Morgan fingerprint density at radius 2 is 2.00 bits per heavy atom. The summed E-state index contributed by atoms with van der Waals surface area (Å²) < 4.78 is 10.7. The van der Waals surface area contributed by atoms with Crippen molar-refractivity contribution >= 4 is 0 Å². The molecule has 1 heterocycles. The van der Waals surface area contributed by atoms with Gasteiger partial charge in [-0.3, -0.25) is 4.90 Å². The van der Waals surface area contributed by atoms with Crippen molar-refractivity contribution in [3.63, 3.8) is 0 Å². The van der Waals surface area contributed by atoms with E-state index in [4.69, 9.17) is 15.2 Å². The fraction of sp³-hybridized carbons (Fsp3) is 0.571. The van der Waals surface area contributed by atoms with Crippen molar-refractivity contribution in [2.45, 2.75) is 18.4 Å². The van der Waals surface area contributed by atoms with Crippen molar-refractivity contribution in [2.75, 3.05) is 34.4 Å². The Hall–Kier alpha value is -1.26. The Labute approximate surface area is 109 Å². The predicted octanol–water partition coefficient (Wildman–Crippen LogP) is 1.58. The summed E-state index contributed by atoms with van der Waals surface area (Å²) in [5.74, 6) is 1.53. The van der Waals surface area contributed by atoms with Gasteiger partial charge < -0.3 is 15.2 Å². The number of rotatable bonds is 4. The predicted molar refractivity (Wildman–Crippen MR) is 72.1 cm³/mol. The first-order chi connectivity index (χ1) is 8.67. The molecule has 1 saturated heterocycles. The lowest BCUT2D eigenvalue weighted by molar-refractivity contribution is 0.182. The molecule has 0 spiro atoms. The molecule has 1 aliphatic rings. The summed E-state index contributed by atoms with van der Waals surface area (Å²) in [6, 6.07) is 6.10. The van der Waals surface area contributed by atoms with E-state index in [0.717, 1.165) is 24.5 Å². The average molecular weight is 250 g/mol. The second-order valence-electron chi connectivity index (χ2n) is 4.83. The Morgan fingerprint density at radius 1 is 1.28 bits per heavy atom. The zero-order chi connectivity index (χ0) is 13.2. The molecule has 1 aromatic carbocycles. The van der Waals surface area contributed by atoms with Gasteiger partial charge in [-0.15, -0.1) is 0 Å². The van der Waals surface area contributed by atoms with E-state index in [-0.39, 0.29) is 5.54 Å². The molecular weight excluding hydrogens is 228 g/mol. The van der Waals surface area contributed by atoms with Gasteiger partial charge >= 0.3 is 0 Å². The SMILES string of the molecule is COc1ccc(C2(CN)CCCN2C)cc1OC. The van der Waals surface area contributed by atoms with Crippen LogP contribution in [0.1, 0.15) is 18.4 Å². The first-order valence-corrected chi connectivity index (χ1v) is 6.32. The third-order valence-corrected chi connectivity index (χ3v) is 4.07. The largest absolute Gasteiger partial charge is 0.493 e. The lowest BCUT2D eigenvalue weighted by Crippen LogP contribution is -2.44. The van der Waals surface area contributed by atoms with Crippen molar-refractivity contribution in [1.82, 2.24) is 4.90 Å². The van der Waals surface area contributed by atoms with Crippen molar-refractivity contribution in [1.29, 1.82) is 0 Å². The summed E-state index contributed by atoms with van der Waals surface area (Å²) in [5, 5.41) is 0. The highest BCUT2D eigenvalue weighted by Crippen LogP contribution is 2.40. The molecule has 4 nitrogen and oxygen atoms in total. The minimum atomic E-state index is -0.0560. The standard InChI is InChI=1S/C14H22N2O2/c1-16-8-4-7-14(16,10-15)11-5-6-12(17-2)13(9-11)18-3/h5-6,9H,4,7-8,10,15H2,1-3H3. The minimum absolute atomic E-state index is 0.0560. The van der Waals surface area contributed by atoms with Gasteiger partial charge in [0.2, 0.25) is 0 Å². The summed E-state index contributed by atoms with van der Waals surface area (Å²) in [4.78, 5) is 2.34. The summed E-state index contributed by atoms with van der Waals surface area (Å²) in [5.41, 5.74) is 7.19. The van der Waals surface area contributed by atoms with Crippen LogP contribution in [0.5, 0.6) is 11.5 Å². The summed E-state index contributed by atoms with van der Waals surface area (Å²) in [7, 11) is 5.45.